The molecule has 6 heteroatoms. The van der Waals surface area contributed by atoms with Gasteiger partial charge in [0, 0.05) is 43.4 Å². The highest BCUT2D eigenvalue weighted by molar-refractivity contribution is 9.10. The second-order valence-electron chi connectivity index (χ2n) is 5.57. The van der Waals surface area contributed by atoms with Crippen LogP contribution in [0, 0.1) is 0 Å². The third kappa shape index (κ3) is 3.89. The summed E-state index contributed by atoms with van der Waals surface area (Å²) in [7, 11) is 0. The Labute approximate surface area is 143 Å². The average molecular weight is 376 g/mol. The van der Waals surface area contributed by atoms with Crippen LogP contribution in [0.4, 0.5) is 5.82 Å². The Balaban J connectivity index is 1.62. The number of benzene rings is 1. The van der Waals surface area contributed by atoms with E-state index in [0.717, 1.165) is 37.2 Å². The normalized spacial score (nSPS) is 15.6. The third-order valence-corrected chi connectivity index (χ3v) is 4.54. The van der Waals surface area contributed by atoms with Crippen LogP contribution in [-0.2, 0) is 6.54 Å². The SMILES string of the molecule is O=C(O)c1cccnc1N1CCN(Cc2ccc(Br)cc2)CC1. The first-order chi connectivity index (χ1) is 11.1. The first kappa shape index (κ1) is 16.0. The lowest BCUT2D eigenvalue weighted by atomic mass is 10.2. The van der Waals surface area contributed by atoms with Gasteiger partial charge in [-0.15, -0.1) is 0 Å². The number of aromatic carboxylic acids is 1. The Morgan fingerprint density at radius 3 is 2.48 bits per heavy atom. The number of aromatic nitrogens is 1. The fourth-order valence-corrected chi connectivity index (χ4v) is 3.05. The Kier molecular flexibility index (Phi) is 4.93. The highest BCUT2D eigenvalue weighted by atomic mass is 79.9. The van der Waals surface area contributed by atoms with Gasteiger partial charge in [0.15, 0.2) is 0 Å². The van der Waals surface area contributed by atoms with Gasteiger partial charge in [-0.25, -0.2) is 9.78 Å². The fourth-order valence-electron chi connectivity index (χ4n) is 2.78. The molecule has 0 atom stereocenters. The summed E-state index contributed by atoms with van der Waals surface area (Å²) in [6.07, 6.45) is 1.65. The maximum absolute atomic E-state index is 11.3. The zero-order chi connectivity index (χ0) is 16.2. The number of carbonyl (C=O) groups is 1. The maximum Gasteiger partial charge on any atom is 0.339 e. The van der Waals surface area contributed by atoms with E-state index in [0.29, 0.717) is 5.82 Å². The van der Waals surface area contributed by atoms with Crippen molar-refractivity contribution in [2.45, 2.75) is 6.54 Å². The smallest absolute Gasteiger partial charge is 0.339 e. The molecule has 23 heavy (non-hydrogen) atoms. The number of pyridine rings is 1. The summed E-state index contributed by atoms with van der Waals surface area (Å²) in [6, 6.07) is 11.6. The standard InChI is InChI=1S/C17H18BrN3O2/c18-14-5-3-13(4-6-14)12-20-8-10-21(11-9-20)16-15(17(22)23)2-1-7-19-16/h1-7H,8-12H2,(H,22,23). The number of hydrogen-bond donors (Lipinski definition) is 1. The minimum Gasteiger partial charge on any atom is -0.478 e. The van der Waals surface area contributed by atoms with Gasteiger partial charge in [0.1, 0.15) is 11.4 Å². The predicted octanol–water partition coefficient (Wildman–Crippen LogP) is 2.86. The van der Waals surface area contributed by atoms with Crippen molar-refractivity contribution in [2.24, 2.45) is 0 Å². The Morgan fingerprint density at radius 1 is 1.13 bits per heavy atom. The summed E-state index contributed by atoms with van der Waals surface area (Å²) in [6.45, 7) is 4.27. The van der Waals surface area contributed by atoms with Crippen molar-refractivity contribution in [2.75, 3.05) is 31.1 Å². The summed E-state index contributed by atoms with van der Waals surface area (Å²) in [5.74, 6) is -0.353. The number of nitrogens with zero attached hydrogens (tertiary/aromatic N) is 3. The summed E-state index contributed by atoms with van der Waals surface area (Å²) in [5, 5.41) is 9.28. The van der Waals surface area contributed by atoms with E-state index in [1.54, 1.807) is 18.3 Å². The summed E-state index contributed by atoms with van der Waals surface area (Å²) in [4.78, 5) is 20.0. The van der Waals surface area contributed by atoms with Crippen LogP contribution in [-0.4, -0.2) is 47.1 Å². The number of halogens is 1. The van der Waals surface area contributed by atoms with Crippen molar-refractivity contribution in [3.8, 4) is 0 Å². The number of hydrogen-bond acceptors (Lipinski definition) is 4. The number of anilines is 1. The Morgan fingerprint density at radius 2 is 1.83 bits per heavy atom. The molecule has 0 spiro atoms. The summed E-state index contributed by atoms with van der Waals surface area (Å²) < 4.78 is 1.09. The summed E-state index contributed by atoms with van der Waals surface area (Å²) in [5.41, 5.74) is 1.56. The van der Waals surface area contributed by atoms with Gasteiger partial charge in [0.2, 0.25) is 0 Å². The van der Waals surface area contributed by atoms with Crippen LogP contribution in [0.15, 0.2) is 47.1 Å². The Hall–Kier alpha value is -1.92. The van der Waals surface area contributed by atoms with Crippen LogP contribution in [0.5, 0.6) is 0 Å². The molecule has 0 radical (unpaired) electrons. The van der Waals surface area contributed by atoms with Crippen molar-refractivity contribution in [3.63, 3.8) is 0 Å². The third-order valence-electron chi connectivity index (χ3n) is 4.01. The van der Waals surface area contributed by atoms with Gasteiger partial charge in [-0.1, -0.05) is 28.1 Å². The van der Waals surface area contributed by atoms with Crippen LogP contribution < -0.4 is 4.90 Å². The van der Waals surface area contributed by atoms with Crippen LogP contribution in [0.1, 0.15) is 15.9 Å². The topological polar surface area (TPSA) is 56.7 Å². The molecule has 0 amide bonds. The molecule has 1 aromatic heterocycles. The molecule has 120 valence electrons. The molecule has 1 N–H and O–H groups in total. The number of carboxylic acids is 1. The van der Waals surface area contributed by atoms with Crippen molar-refractivity contribution in [1.82, 2.24) is 9.88 Å². The van der Waals surface area contributed by atoms with Gasteiger partial charge < -0.3 is 10.0 Å². The zero-order valence-electron chi connectivity index (χ0n) is 12.7. The summed E-state index contributed by atoms with van der Waals surface area (Å²) >= 11 is 3.45. The van der Waals surface area contributed by atoms with Crippen LogP contribution >= 0.6 is 15.9 Å². The van der Waals surface area contributed by atoms with E-state index in [4.69, 9.17) is 0 Å². The van der Waals surface area contributed by atoms with Crippen LogP contribution in [0.25, 0.3) is 0 Å². The molecule has 0 bridgehead atoms. The zero-order valence-corrected chi connectivity index (χ0v) is 14.2. The van der Waals surface area contributed by atoms with E-state index in [1.807, 2.05) is 0 Å². The molecule has 1 aliphatic heterocycles. The molecular weight excluding hydrogens is 358 g/mol. The molecule has 2 heterocycles. The lowest BCUT2D eigenvalue weighted by molar-refractivity contribution is 0.0697. The van der Waals surface area contributed by atoms with E-state index in [2.05, 4.69) is 55.0 Å². The van der Waals surface area contributed by atoms with Crippen LogP contribution in [0.3, 0.4) is 0 Å². The minimum atomic E-state index is -0.926. The number of carboxylic acid groups (broad SMARTS) is 1. The second-order valence-corrected chi connectivity index (χ2v) is 6.49. The quantitative estimate of drug-likeness (QED) is 0.890. The van der Waals surface area contributed by atoms with Gasteiger partial charge >= 0.3 is 5.97 Å². The van der Waals surface area contributed by atoms with E-state index < -0.39 is 5.97 Å². The first-order valence-electron chi connectivity index (χ1n) is 7.53. The van der Waals surface area contributed by atoms with Gasteiger partial charge in [0.05, 0.1) is 0 Å². The molecule has 1 saturated heterocycles. The van der Waals surface area contributed by atoms with E-state index in [1.165, 1.54) is 5.56 Å². The molecule has 2 aromatic rings. The monoisotopic (exact) mass is 375 g/mol. The lowest BCUT2D eigenvalue weighted by Gasteiger charge is -2.35. The minimum absolute atomic E-state index is 0.272. The maximum atomic E-state index is 11.3. The first-order valence-corrected chi connectivity index (χ1v) is 8.33. The van der Waals surface area contributed by atoms with E-state index in [9.17, 15) is 9.90 Å². The largest absolute Gasteiger partial charge is 0.478 e. The van der Waals surface area contributed by atoms with Gasteiger partial charge in [-0.3, -0.25) is 4.90 Å². The van der Waals surface area contributed by atoms with Crippen molar-refractivity contribution < 1.29 is 9.90 Å². The number of piperazine rings is 1. The molecule has 3 rings (SSSR count). The fraction of sp³-hybridized carbons (Fsp3) is 0.294. The molecule has 5 nitrogen and oxygen atoms in total. The molecule has 0 aliphatic carbocycles. The Bertz CT molecular complexity index is 682. The van der Waals surface area contributed by atoms with E-state index in [-0.39, 0.29) is 5.56 Å². The van der Waals surface area contributed by atoms with Gasteiger partial charge in [-0.2, -0.15) is 0 Å². The molecule has 0 saturated carbocycles. The van der Waals surface area contributed by atoms with Gasteiger partial charge in [-0.05, 0) is 29.8 Å². The van der Waals surface area contributed by atoms with Gasteiger partial charge in [0.25, 0.3) is 0 Å². The number of rotatable bonds is 4. The van der Waals surface area contributed by atoms with E-state index >= 15 is 0 Å². The van der Waals surface area contributed by atoms with Crippen molar-refractivity contribution in [1.29, 1.82) is 0 Å². The molecule has 0 unspecified atom stereocenters. The lowest BCUT2D eigenvalue weighted by Crippen LogP contribution is -2.46. The molecular formula is C17H18BrN3O2. The van der Waals surface area contributed by atoms with Crippen molar-refractivity contribution in [3.05, 3.63) is 58.2 Å². The molecule has 1 fully saturated rings. The van der Waals surface area contributed by atoms with Crippen molar-refractivity contribution >= 4 is 27.7 Å². The highest BCUT2D eigenvalue weighted by Crippen LogP contribution is 2.20. The highest BCUT2D eigenvalue weighted by Gasteiger charge is 2.22. The molecule has 1 aliphatic rings. The molecule has 1 aromatic carbocycles. The average Bonchev–Trinajstić information content (AvgIpc) is 2.58. The predicted molar refractivity (Wildman–Crippen MR) is 92.8 cm³/mol. The van der Waals surface area contributed by atoms with Crippen LogP contribution in [0.2, 0.25) is 0 Å². The second kappa shape index (κ2) is 7.10.